The van der Waals surface area contributed by atoms with Crippen molar-refractivity contribution >= 4 is 40.6 Å². The molecule has 3 aromatic carbocycles. The molecule has 34 heavy (non-hydrogen) atoms. The van der Waals surface area contributed by atoms with E-state index in [0.29, 0.717) is 24.5 Å². The first kappa shape index (κ1) is 24.8. The average molecular weight is 555 g/mol. The van der Waals surface area contributed by atoms with Crippen LogP contribution in [0.25, 0.3) is 0 Å². The van der Waals surface area contributed by atoms with E-state index in [1.807, 2.05) is 6.07 Å². The molecule has 1 saturated heterocycles. The van der Waals surface area contributed by atoms with Gasteiger partial charge in [0.05, 0.1) is 13.2 Å². The first-order valence-electron chi connectivity index (χ1n) is 11.2. The van der Waals surface area contributed by atoms with E-state index in [2.05, 4.69) is 95.9 Å². The van der Waals surface area contributed by atoms with Gasteiger partial charge in [0, 0.05) is 19.2 Å². The lowest BCUT2D eigenvalue weighted by Crippen LogP contribution is -3.00. The number of hydrogen-bond acceptors (Lipinski definition) is 4. The van der Waals surface area contributed by atoms with E-state index < -0.39 is 7.26 Å². The summed E-state index contributed by atoms with van der Waals surface area (Å²) < 4.78 is 5.52. The van der Waals surface area contributed by atoms with Crippen LogP contribution in [0.1, 0.15) is 5.82 Å². The van der Waals surface area contributed by atoms with Crippen molar-refractivity contribution in [1.82, 2.24) is 9.97 Å². The minimum absolute atomic E-state index is 0. The van der Waals surface area contributed by atoms with E-state index >= 15 is 0 Å². The lowest BCUT2D eigenvalue weighted by Gasteiger charge is -2.29. The van der Waals surface area contributed by atoms with Gasteiger partial charge in [-0.05, 0) is 36.4 Å². The number of morpholine rings is 1. The van der Waals surface area contributed by atoms with Crippen LogP contribution in [0.4, 0.5) is 5.82 Å². The summed E-state index contributed by atoms with van der Waals surface area (Å²) in [4.78, 5) is 12.0. The van der Waals surface area contributed by atoms with Gasteiger partial charge in [-0.3, -0.25) is 0 Å². The Morgan fingerprint density at radius 2 is 1.21 bits per heavy atom. The second-order valence-electron chi connectivity index (χ2n) is 8.04. The Bertz CT molecular complexity index is 1100. The third-order valence-corrected chi connectivity index (χ3v) is 10.5. The number of ether oxygens (including phenoxy) is 1. The number of nitrogens with zero attached hydrogens (tertiary/aromatic N) is 3. The Labute approximate surface area is 217 Å². The summed E-state index contributed by atoms with van der Waals surface area (Å²) in [5, 5.41) is 4.39. The van der Waals surface area contributed by atoms with Gasteiger partial charge in [-0.15, -0.1) is 0 Å². The molecule has 0 bridgehead atoms. The number of anilines is 1. The highest BCUT2D eigenvalue weighted by molar-refractivity contribution is 7.95. The lowest BCUT2D eigenvalue weighted by atomic mass is 10.4. The van der Waals surface area contributed by atoms with Crippen LogP contribution in [0.15, 0.2) is 97.1 Å². The van der Waals surface area contributed by atoms with Crippen LogP contribution >= 0.6 is 18.9 Å². The van der Waals surface area contributed by atoms with Crippen molar-refractivity contribution in [3.63, 3.8) is 0 Å². The third-order valence-electron chi connectivity index (χ3n) is 6.03. The highest BCUT2D eigenvalue weighted by Gasteiger charge is 2.46. The average Bonchev–Trinajstić information content (AvgIpc) is 2.89. The second-order valence-corrected chi connectivity index (χ2v) is 11.9. The predicted molar refractivity (Wildman–Crippen MR) is 139 cm³/mol. The standard InChI is InChI=1S/C27H26ClN3OP.BrH/c28-25-20-27(31-16-18-32-19-17-31)30-26(29-25)21-33(22-10-4-1-5-11-22,23-12-6-2-7-13-23)24-14-8-3-9-15-24;/h1-15,20H,16-19,21H2;1H/q+1;/p-1. The Kier molecular flexibility index (Phi) is 8.33. The molecule has 4 aromatic rings. The molecule has 1 aliphatic rings. The molecule has 0 atom stereocenters. The van der Waals surface area contributed by atoms with Gasteiger partial charge in [-0.25, -0.2) is 9.97 Å². The van der Waals surface area contributed by atoms with E-state index in [1.165, 1.54) is 15.9 Å². The van der Waals surface area contributed by atoms with Crippen LogP contribution in [0.3, 0.4) is 0 Å². The normalized spacial score (nSPS) is 13.9. The number of aromatic nitrogens is 2. The fourth-order valence-corrected chi connectivity index (χ4v) is 8.70. The predicted octanol–water partition coefficient (Wildman–Crippen LogP) is 1.46. The Balaban J connectivity index is 0.00000274. The van der Waals surface area contributed by atoms with Crippen molar-refractivity contribution < 1.29 is 21.7 Å². The molecule has 0 amide bonds. The maximum absolute atomic E-state index is 6.54. The molecule has 1 aliphatic heterocycles. The van der Waals surface area contributed by atoms with E-state index in [9.17, 15) is 0 Å². The maximum Gasteiger partial charge on any atom is 0.170 e. The smallest absolute Gasteiger partial charge is 0.170 e. The minimum Gasteiger partial charge on any atom is -1.00 e. The molecule has 0 spiro atoms. The Morgan fingerprint density at radius 3 is 1.68 bits per heavy atom. The fraction of sp³-hybridized carbons (Fsp3) is 0.185. The van der Waals surface area contributed by atoms with Gasteiger partial charge in [-0.1, -0.05) is 66.2 Å². The van der Waals surface area contributed by atoms with Crippen molar-refractivity contribution in [2.75, 3.05) is 31.2 Å². The van der Waals surface area contributed by atoms with Gasteiger partial charge >= 0.3 is 0 Å². The molecule has 0 unspecified atom stereocenters. The van der Waals surface area contributed by atoms with Crippen molar-refractivity contribution in [3.8, 4) is 0 Å². The SMILES string of the molecule is Clc1cc(N2CCOCC2)nc(C[P+](c2ccccc2)(c2ccccc2)c2ccccc2)n1.[Br-]. The molecule has 1 aromatic heterocycles. The fourth-order valence-electron chi connectivity index (χ4n) is 4.46. The van der Waals surface area contributed by atoms with Gasteiger partial charge in [-0.2, -0.15) is 0 Å². The largest absolute Gasteiger partial charge is 1.00 e. The van der Waals surface area contributed by atoms with Crippen LogP contribution in [0.5, 0.6) is 0 Å². The van der Waals surface area contributed by atoms with E-state index in [0.717, 1.165) is 24.7 Å². The summed E-state index contributed by atoms with van der Waals surface area (Å²) in [6.45, 7) is 3.02. The summed E-state index contributed by atoms with van der Waals surface area (Å²) in [6.07, 6.45) is 0.697. The Morgan fingerprint density at radius 1 is 0.735 bits per heavy atom. The van der Waals surface area contributed by atoms with Crippen LogP contribution in [0.2, 0.25) is 5.15 Å². The number of hydrogen-bond donors (Lipinski definition) is 0. The Hall–Kier alpha value is -2.30. The first-order valence-corrected chi connectivity index (χ1v) is 13.5. The zero-order valence-corrected chi connectivity index (χ0v) is 22.0. The van der Waals surface area contributed by atoms with Crippen LogP contribution in [-0.2, 0) is 10.9 Å². The van der Waals surface area contributed by atoms with Gasteiger partial charge < -0.3 is 26.6 Å². The molecule has 2 heterocycles. The highest BCUT2D eigenvalue weighted by Crippen LogP contribution is 2.57. The van der Waals surface area contributed by atoms with E-state index in [1.54, 1.807) is 0 Å². The number of benzene rings is 3. The van der Waals surface area contributed by atoms with E-state index in [-0.39, 0.29) is 17.0 Å². The van der Waals surface area contributed by atoms with Crippen molar-refractivity contribution in [2.45, 2.75) is 6.16 Å². The van der Waals surface area contributed by atoms with Gasteiger partial charge in [0.1, 0.15) is 40.3 Å². The van der Waals surface area contributed by atoms with Crippen molar-refractivity contribution in [3.05, 3.63) is 108 Å². The van der Waals surface area contributed by atoms with Crippen molar-refractivity contribution in [1.29, 1.82) is 0 Å². The lowest BCUT2D eigenvalue weighted by molar-refractivity contribution is -0.00000732. The topological polar surface area (TPSA) is 38.2 Å². The van der Waals surface area contributed by atoms with Crippen LogP contribution in [0, 0.1) is 0 Å². The van der Waals surface area contributed by atoms with E-state index in [4.69, 9.17) is 26.3 Å². The van der Waals surface area contributed by atoms with Gasteiger partial charge in [0.15, 0.2) is 5.82 Å². The molecular formula is C27H26BrClN3OP. The molecule has 174 valence electrons. The summed E-state index contributed by atoms with van der Waals surface area (Å²) in [6, 6.07) is 34.2. The zero-order chi connectivity index (χ0) is 22.5. The monoisotopic (exact) mass is 553 g/mol. The summed E-state index contributed by atoms with van der Waals surface area (Å²) in [7, 11) is -2.08. The molecule has 4 nitrogen and oxygen atoms in total. The molecule has 0 saturated carbocycles. The molecule has 0 aliphatic carbocycles. The summed E-state index contributed by atoms with van der Waals surface area (Å²) in [5.41, 5.74) is 0. The number of rotatable bonds is 6. The summed E-state index contributed by atoms with van der Waals surface area (Å²) in [5.74, 6) is 1.65. The van der Waals surface area contributed by atoms with Gasteiger partial charge in [0.2, 0.25) is 0 Å². The summed E-state index contributed by atoms with van der Waals surface area (Å²) >= 11 is 6.54. The maximum atomic E-state index is 6.54. The molecule has 7 heteroatoms. The zero-order valence-electron chi connectivity index (χ0n) is 18.7. The highest BCUT2D eigenvalue weighted by atomic mass is 79.9. The molecule has 0 radical (unpaired) electrons. The first-order chi connectivity index (χ1) is 16.3. The van der Waals surface area contributed by atoms with Crippen molar-refractivity contribution in [2.24, 2.45) is 0 Å². The minimum atomic E-state index is -2.08. The second kappa shape index (κ2) is 11.4. The van der Waals surface area contributed by atoms with Crippen LogP contribution < -0.4 is 37.8 Å². The molecule has 0 N–H and O–H groups in total. The quantitative estimate of drug-likeness (QED) is 0.267. The molecule has 5 rings (SSSR count). The third kappa shape index (κ3) is 5.18. The molecule has 1 fully saturated rings. The number of halogens is 2. The molecular weight excluding hydrogens is 529 g/mol. The van der Waals surface area contributed by atoms with Gasteiger partial charge in [0.25, 0.3) is 0 Å². The van der Waals surface area contributed by atoms with Crippen LogP contribution in [-0.4, -0.2) is 36.3 Å².